The van der Waals surface area contributed by atoms with Crippen LogP contribution in [0.3, 0.4) is 0 Å². The maximum atomic E-state index is 11.4. The third kappa shape index (κ3) is 5.15. The van der Waals surface area contributed by atoms with Crippen molar-refractivity contribution in [3.05, 3.63) is 70.9 Å². The number of hydrogen-bond acceptors (Lipinski definition) is 4. The van der Waals surface area contributed by atoms with Gasteiger partial charge >= 0.3 is 0 Å². The normalized spacial score (nSPS) is 24.1. The molecule has 1 amide bonds. The fourth-order valence-corrected chi connectivity index (χ4v) is 5.62. The second kappa shape index (κ2) is 10.6. The highest BCUT2D eigenvalue weighted by Crippen LogP contribution is 2.48. The van der Waals surface area contributed by atoms with Crippen molar-refractivity contribution in [1.82, 2.24) is 10.2 Å². The summed E-state index contributed by atoms with van der Waals surface area (Å²) >= 11 is 0. The molecule has 0 aromatic heterocycles. The van der Waals surface area contributed by atoms with E-state index >= 15 is 0 Å². The van der Waals surface area contributed by atoms with E-state index < -0.39 is 0 Å². The van der Waals surface area contributed by atoms with Crippen LogP contribution in [0.2, 0.25) is 0 Å². The molecule has 2 fully saturated rings. The smallest absolute Gasteiger partial charge is 0.211 e. The summed E-state index contributed by atoms with van der Waals surface area (Å²) in [5.74, 6) is 2.58. The molecule has 1 aliphatic heterocycles. The Labute approximate surface area is 204 Å². The Balaban J connectivity index is 1.75. The lowest BCUT2D eigenvalue weighted by Crippen LogP contribution is -2.51. The molecule has 5 heteroatoms. The number of amides is 1. The zero-order chi connectivity index (χ0) is 24.1. The fraction of sp³-hybridized carbons (Fsp3) is 0.483. The summed E-state index contributed by atoms with van der Waals surface area (Å²) in [5, 5.41) is 2.91. The molecule has 1 saturated carbocycles. The first kappa shape index (κ1) is 24.3. The number of aryl methyl sites for hydroxylation is 2. The first-order chi connectivity index (χ1) is 16.5. The number of rotatable bonds is 10. The predicted molar refractivity (Wildman–Crippen MR) is 136 cm³/mol. The molecular formula is C29H38N2O3. The number of carbonyl (C=O) groups excluding carboxylic acids is 1. The Morgan fingerprint density at radius 3 is 2.44 bits per heavy atom. The van der Waals surface area contributed by atoms with Gasteiger partial charge in [-0.05, 0) is 105 Å². The minimum atomic E-state index is -0.186. The first-order valence-electron chi connectivity index (χ1n) is 12.4. The minimum Gasteiger partial charge on any atom is -0.497 e. The molecule has 1 heterocycles. The zero-order valence-electron chi connectivity index (χ0n) is 21.0. The summed E-state index contributed by atoms with van der Waals surface area (Å²) in [6.45, 7) is 6.69. The van der Waals surface area contributed by atoms with Gasteiger partial charge in [0, 0.05) is 24.2 Å². The highest BCUT2D eigenvalue weighted by molar-refractivity contribution is 5.52. The van der Waals surface area contributed by atoms with Crippen molar-refractivity contribution in [1.29, 1.82) is 0 Å². The van der Waals surface area contributed by atoms with Gasteiger partial charge in [-0.3, -0.25) is 9.69 Å². The van der Waals surface area contributed by atoms with Gasteiger partial charge in [0.05, 0.1) is 14.2 Å². The van der Waals surface area contributed by atoms with Crippen molar-refractivity contribution in [2.24, 2.45) is 5.92 Å². The van der Waals surface area contributed by atoms with Crippen LogP contribution in [-0.4, -0.2) is 44.7 Å². The van der Waals surface area contributed by atoms with Gasteiger partial charge in [-0.2, -0.15) is 0 Å². The number of piperidine rings is 1. The van der Waals surface area contributed by atoms with Crippen molar-refractivity contribution in [2.45, 2.75) is 57.4 Å². The highest BCUT2D eigenvalue weighted by atomic mass is 16.5. The topological polar surface area (TPSA) is 50.8 Å². The van der Waals surface area contributed by atoms with E-state index in [1.807, 2.05) is 24.4 Å². The summed E-state index contributed by atoms with van der Waals surface area (Å²) in [5.41, 5.74) is 4.95. The number of hydrogen-bond donors (Lipinski definition) is 1. The molecule has 0 spiro atoms. The van der Waals surface area contributed by atoms with Crippen LogP contribution in [-0.2, 0) is 16.6 Å². The van der Waals surface area contributed by atoms with Crippen molar-refractivity contribution >= 4 is 6.41 Å². The van der Waals surface area contributed by atoms with Gasteiger partial charge in [0.1, 0.15) is 11.5 Å². The largest absolute Gasteiger partial charge is 0.497 e. The van der Waals surface area contributed by atoms with E-state index in [2.05, 4.69) is 48.3 Å². The second-order valence-corrected chi connectivity index (χ2v) is 9.86. The molecule has 0 radical (unpaired) electrons. The van der Waals surface area contributed by atoms with E-state index in [9.17, 15) is 4.79 Å². The minimum absolute atomic E-state index is 0.186. The Morgan fingerprint density at radius 2 is 1.79 bits per heavy atom. The van der Waals surface area contributed by atoms with E-state index in [1.54, 1.807) is 14.2 Å². The molecule has 4 rings (SSSR count). The molecule has 2 aliphatic rings. The van der Waals surface area contributed by atoms with Gasteiger partial charge in [-0.25, -0.2) is 0 Å². The maximum absolute atomic E-state index is 11.4. The van der Waals surface area contributed by atoms with Crippen LogP contribution in [0.25, 0.3) is 0 Å². The number of benzene rings is 2. The van der Waals surface area contributed by atoms with E-state index in [4.69, 9.17) is 9.47 Å². The molecular weight excluding hydrogens is 424 g/mol. The van der Waals surface area contributed by atoms with Crippen molar-refractivity contribution < 1.29 is 14.3 Å². The van der Waals surface area contributed by atoms with Gasteiger partial charge in [-0.1, -0.05) is 18.2 Å². The van der Waals surface area contributed by atoms with Gasteiger partial charge in [0.2, 0.25) is 6.41 Å². The average molecular weight is 463 g/mol. The van der Waals surface area contributed by atoms with Gasteiger partial charge < -0.3 is 14.8 Å². The Kier molecular flexibility index (Phi) is 7.62. The molecule has 2 unspecified atom stereocenters. The molecule has 2 aromatic rings. The van der Waals surface area contributed by atoms with Crippen LogP contribution in [0.5, 0.6) is 11.5 Å². The van der Waals surface area contributed by atoms with Gasteiger partial charge in [-0.15, -0.1) is 0 Å². The summed E-state index contributed by atoms with van der Waals surface area (Å²) in [6.07, 6.45) is 8.35. The maximum Gasteiger partial charge on any atom is 0.211 e. The van der Waals surface area contributed by atoms with Crippen molar-refractivity contribution in [3.8, 4) is 11.5 Å². The third-order valence-electron chi connectivity index (χ3n) is 7.83. The van der Waals surface area contributed by atoms with Crippen molar-refractivity contribution in [2.75, 3.05) is 27.3 Å². The molecule has 1 aliphatic carbocycles. The van der Waals surface area contributed by atoms with Crippen molar-refractivity contribution in [3.63, 3.8) is 0 Å². The zero-order valence-corrected chi connectivity index (χ0v) is 21.0. The van der Waals surface area contributed by atoms with E-state index in [0.717, 1.165) is 56.2 Å². The summed E-state index contributed by atoms with van der Waals surface area (Å²) in [7, 11) is 3.42. The van der Waals surface area contributed by atoms with Crippen LogP contribution in [0.15, 0.2) is 54.2 Å². The lowest BCUT2D eigenvalue weighted by molar-refractivity contribution is -0.108. The van der Waals surface area contributed by atoms with E-state index in [1.165, 1.54) is 35.1 Å². The Hall–Kier alpha value is -2.79. The average Bonchev–Trinajstić information content (AvgIpc) is 3.69. The summed E-state index contributed by atoms with van der Waals surface area (Å²) < 4.78 is 11.0. The molecule has 2 atom stereocenters. The van der Waals surface area contributed by atoms with Crippen LogP contribution in [0, 0.1) is 12.8 Å². The number of ether oxygens (including phenoxy) is 2. The number of carbonyl (C=O) groups is 1. The quantitative estimate of drug-likeness (QED) is 0.504. The van der Waals surface area contributed by atoms with E-state index in [0.29, 0.717) is 0 Å². The standard InChI is InChI=1S/C29H38N2O3/c1-21-5-10-26(34-4)17-27(21)29(14-13-23-8-11-25(33-3)12-9-23)15-16-31(19-24-6-7-24)22(2)28(29)18-30-20-32/h5,8-12,17-18,20,22,24H,6-7,13-16,19H2,1-4H3,(H,30,32)/b28-18-. The lowest BCUT2D eigenvalue weighted by Gasteiger charge is -2.49. The summed E-state index contributed by atoms with van der Waals surface area (Å²) in [4.78, 5) is 14.0. The monoisotopic (exact) mass is 462 g/mol. The Bertz CT molecular complexity index is 1010. The molecule has 182 valence electrons. The summed E-state index contributed by atoms with van der Waals surface area (Å²) in [6, 6.07) is 15.0. The van der Waals surface area contributed by atoms with Crippen LogP contribution < -0.4 is 14.8 Å². The number of methoxy groups -OCH3 is 2. The third-order valence-corrected chi connectivity index (χ3v) is 7.83. The van der Waals surface area contributed by atoms with Crippen LogP contribution in [0.4, 0.5) is 0 Å². The van der Waals surface area contributed by atoms with E-state index in [-0.39, 0.29) is 11.5 Å². The number of nitrogens with zero attached hydrogens (tertiary/aromatic N) is 1. The van der Waals surface area contributed by atoms with Crippen LogP contribution in [0.1, 0.15) is 49.3 Å². The fourth-order valence-electron chi connectivity index (χ4n) is 5.62. The second-order valence-electron chi connectivity index (χ2n) is 9.86. The van der Waals surface area contributed by atoms with Crippen LogP contribution >= 0.6 is 0 Å². The molecule has 5 nitrogen and oxygen atoms in total. The predicted octanol–water partition coefficient (Wildman–Crippen LogP) is 5.02. The number of likely N-dealkylation sites (tertiary alicyclic amines) is 1. The van der Waals surface area contributed by atoms with Gasteiger partial charge in [0.15, 0.2) is 0 Å². The number of nitrogens with one attached hydrogen (secondary N) is 1. The molecule has 1 saturated heterocycles. The molecule has 34 heavy (non-hydrogen) atoms. The highest BCUT2D eigenvalue weighted by Gasteiger charge is 2.45. The van der Waals surface area contributed by atoms with Gasteiger partial charge in [0.25, 0.3) is 0 Å². The molecule has 0 bridgehead atoms. The lowest BCUT2D eigenvalue weighted by atomic mass is 9.63. The Morgan fingerprint density at radius 1 is 1.09 bits per heavy atom. The first-order valence-corrected chi connectivity index (χ1v) is 12.4. The molecule has 2 aromatic carbocycles. The molecule has 1 N–H and O–H groups in total. The SMILES string of the molecule is COc1ccc(CCC2(c3cc(OC)ccc3C)CCN(CC3CC3)C(C)/C2=C/NC=O)cc1.